The number of carbonyl (C=O) groups is 1. The van der Waals surface area contributed by atoms with Crippen LogP contribution in [0.3, 0.4) is 0 Å². The van der Waals surface area contributed by atoms with Gasteiger partial charge in [0, 0.05) is 25.2 Å². The molecule has 2 heterocycles. The summed E-state index contributed by atoms with van der Waals surface area (Å²) in [5, 5.41) is 3.29. The van der Waals surface area contributed by atoms with E-state index in [-0.39, 0.29) is 18.0 Å². The molecule has 0 bridgehead atoms. The second kappa shape index (κ2) is 4.59. The molecule has 0 aromatic carbocycles. The Hall–Kier alpha value is -0.810. The van der Waals surface area contributed by atoms with Crippen molar-refractivity contribution in [3.8, 4) is 0 Å². The third-order valence-corrected chi connectivity index (χ3v) is 3.27. The van der Waals surface area contributed by atoms with Crippen molar-refractivity contribution in [1.29, 1.82) is 0 Å². The average molecular weight is 287 g/mol. The molecule has 1 aliphatic heterocycles. The maximum absolute atomic E-state index is 12.2. The Morgan fingerprint density at radius 3 is 2.56 bits per heavy atom. The van der Waals surface area contributed by atoms with Gasteiger partial charge in [0.2, 0.25) is 0 Å². The maximum atomic E-state index is 12.2. The zero-order chi connectivity index (χ0) is 11.7. The summed E-state index contributed by atoms with van der Waals surface area (Å²) in [7, 11) is 0. The quantitative estimate of drug-likeness (QED) is 0.857. The van der Waals surface area contributed by atoms with Crippen molar-refractivity contribution in [2.75, 3.05) is 13.1 Å². The molecular weight excluding hydrogens is 272 g/mol. The summed E-state index contributed by atoms with van der Waals surface area (Å²) in [6.07, 6.45) is 0. The van der Waals surface area contributed by atoms with Gasteiger partial charge in [-0.2, -0.15) is 0 Å². The van der Waals surface area contributed by atoms with E-state index in [9.17, 15) is 4.79 Å². The lowest BCUT2D eigenvalue weighted by molar-refractivity contribution is 0.0510. The van der Waals surface area contributed by atoms with Crippen LogP contribution in [-0.2, 0) is 0 Å². The first-order valence-electron chi connectivity index (χ1n) is 5.38. The largest absolute Gasteiger partial charge is 0.444 e. The summed E-state index contributed by atoms with van der Waals surface area (Å²) in [5.41, 5.74) is 0. The lowest BCUT2D eigenvalue weighted by Gasteiger charge is -2.38. The van der Waals surface area contributed by atoms with E-state index in [1.54, 1.807) is 12.1 Å². The minimum Gasteiger partial charge on any atom is -0.444 e. The molecule has 0 radical (unpaired) electrons. The van der Waals surface area contributed by atoms with Crippen LogP contribution in [0.1, 0.15) is 24.4 Å². The van der Waals surface area contributed by atoms with E-state index in [1.807, 2.05) is 18.7 Å². The third-order valence-electron chi connectivity index (χ3n) is 2.85. The van der Waals surface area contributed by atoms with Crippen molar-refractivity contribution >= 4 is 21.8 Å². The fraction of sp³-hybridized carbons (Fsp3) is 0.545. The Bertz CT molecular complexity index is 381. The van der Waals surface area contributed by atoms with Crippen molar-refractivity contribution in [3.63, 3.8) is 0 Å². The highest BCUT2D eigenvalue weighted by Crippen LogP contribution is 2.19. The van der Waals surface area contributed by atoms with Crippen LogP contribution in [0.5, 0.6) is 0 Å². The van der Waals surface area contributed by atoms with Gasteiger partial charge in [0.05, 0.1) is 0 Å². The second-order valence-electron chi connectivity index (χ2n) is 4.17. The molecule has 0 spiro atoms. The summed E-state index contributed by atoms with van der Waals surface area (Å²) >= 11 is 3.20. The molecule has 2 rings (SSSR count). The van der Waals surface area contributed by atoms with Crippen LogP contribution in [0.2, 0.25) is 0 Å². The third kappa shape index (κ3) is 2.15. The SMILES string of the molecule is CC1CNCC(C)N1C(=O)c1ccc(Br)o1. The number of nitrogens with one attached hydrogen (secondary N) is 1. The number of furan rings is 1. The molecule has 0 saturated carbocycles. The standard InChI is InChI=1S/C11H15BrN2O2/c1-7-5-13-6-8(2)14(7)11(15)9-3-4-10(12)16-9/h3-4,7-8,13H,5-6H2,1-2H3. The highest BCUT2D eigenvalue weighted by atomic mass is 79.9. The molecule has 4 nitrogen and oxygen atoms in total. The summed E-state index contributed by atoms with van der Waals surface area (Å²) < 4.78 is 5.89. The van der Waals surface area contributed by atoms with Crippen molar-refractivity contribution in [2.24, 2.45) is 0 Å². The number of halogens is 1. The number of piperazine rings is 1. The lowest BCUT2D eigenvalue weighted by atomic mass is 10.1. The normalized spacial score (nSPS) is 25.8. The van der Waals surface area contributed by atoms with Gasteiger partial charge in [0.25, 0.3) is 5.91 Å². The molecule has 1 aliphatic rings. The molecule has 16 heavy (non-hydrogen) atoms. The Morgan fingerprint density at radius 2 is 2.06 bits per heavy atom. The molecule has 1 saturated heterocycles. The summed E-state index contributed by atoms with van der Waals surface area (Å²) in [5.74, 6) is 0.361. The van der Waals surface area contributed by atoms with Crippen LogP contribution in [0.15, 0.2) is 21.2 Å². The van der Waals surface area contributed by atoms with Gasteiger partial charge < -0.3 is 14.6 Å². The van der Waals surface area contributed by atoms with E-state index in [4.69, 9.17) is 4.42 Å². The molecule has 1 aromatic rings. The molecule has 88 valence electrons. The lowest BCUT2D eigenvalue weighted by Crippen LogP contribution is -2.57. The van der Waals surface area contributed by atoms with Crippen molar-refractivity contribution in [2.45, 2.75) is 25.9 Å². The van der Waals surface area contributed by atoms with Crippen LogP contribution >= 0.6 is 15.9 Å². The summed E-state index contributed by atoms with van der Waals surface area (Å²) in [6.45, 7) is 5.74. The first-order valence-corrected chi connectivity index (χ1v) is 6.17. The van der Waals surface area contributed by atoms with Crippen LogP contribution in [0, 0.1) is 0 Å². The summed E-state index contributed by atoms with van der Waals surface area (Å²) in [4.78, 5) is 14.1. The molecule has 0 aliphatic carbocycles. The smallest absolute Gasteiger partial charge is 0.290 e. The van der Waals surface area contributed by atoms with E-state index in [2.05, 4.69) is 21.2 Å². The molecule has 1 aromatic heterocycles. The van der Waals surface area contributed by atoms with Gasteiger partial charge in [0.15, 0.2) is 10.4 Å². The number of amides is 1. The molecule has 1 fully saturated rings. The van der Waals surface area contributed by atoms with E-state index >= 15 is 0 Å². The summed E-state index contributed by atoms with van der Waals surface area (Å²) in [6, 6.07) is 3.83. The van der Waals surface area contributed by atoms with Crippen LogP contribution in [0.25, 0.3) is 0 Å². The van der Waals surface area contributed by atoms with Crippen molar-refractivity contribution in [1.82, 2.24) is 10.2 Å². The monoisotopic (exact) mass is 286 g/mol. The highest BCUT2D eigenvalue weighted by Gasteiger charge is 2.30. The van der Waals surface area contributed by atoms with Crippen LogP contribution < -0.4 is 5.32 Å². The van der Waals surface area contributed by atoms with E-state index < -0.39 is 0 Å². The van der Waals surface area contributed by atoms with Crippen molar-refractivity contribution in [3.05, 3.63) is 22.6 Å². The van der Waals surface area contributed by atoms with E-state index in [0.29, 0.717) is 10.4 Å². The minimum absolute atomic E-state index is 0.0350. The van der Waals surface area contributed by atoms with Gasteiger partial charge in [-0.1, -0.05) is 0 Å². The van der Waals surface area contributed by atoms with Gasteiger partial charge in [-0.05, 0) is 41.9 Å². The van der Waals surface area contributed by atoms with E-state index in [0.717, 1.165) is 13.1 Å². The van der Waals surface area contributed by atoms with Gasteiger partial charge in [0.1, 0.15) is 0 Å². The zero-order valence-corrected chi connectivity index (χ0v) is 11.0. The van der Waals surface area contributed by atoms with Gasteiger partial charge in [-0.15, -0.1) is 0 Å². The number of nitrogens with zero attached hydrogens (tertiary/aromatic N) is 1. The van der Waals surface area contributed by atoms with Gasteiger partial charge in [-0.25, -0.2) is 0 Å². The minimum atomic E-state index is -0.0350. The Kier molecular flexibility index (Phi) is 3.35. The molecule has 2 unspecified atom stereocenters. The number of hydrogen-bond acceptors (Lipinski definition) is 3. The highest BCUT2D eigenvalue weighted by molar-refractivity contribution is 9.10. The molecule has 2 atom stereocenters. The van der Waals surface area contributed by atoms with Crippen LogP contribution in [-0.4, -0.2) is 36.0 Å². The molecule has 1 amide bonds. The fourth-order valence-electron chi connectivity index (χ4n) is 2.09. The van der Waals surface area contributed by atoms with Crippen LogP contribution in [0.4, 0.5) is 0 Å². The van der Waals surface area contributed by atoms with Gasteiger partial charge in [-0.3, -0.25) is 4.79 Å². The predicted octanol–water partition coefficient (Wildman–Crippen LogP) is 1.86. The molecule has 1 N–H and O–H groups in total. The number of hydrogen-bond donors (Lipinski definition) is 1. The molecule has 5 heteroatoms. The first-order chi connectivity index (χ1) is 7.59. The number of rotatable bonds is 1. The Labute approximate surface area is 103 Å². The van der Waals surface area contributed by atoms with E-state index in [1.165, 1.54) is 0 Å². The predicted molar refractivity (Wildman–Crippen MR) is 64.4 cm³/mol. The second-order valence-corrected chi connectivity index (χ2v) is 4.95. The maximum Gasteiger partial charge on any atom is 0.290 e. The Morgan fingerprint density at radius 1 is 1.44 bits per heavy atom. The Balaban J connectivity index is 2.19. The average Bonchev–Trinajstić information content (AvgIpc) is 2.64. The number of carbonyl (C=O) groups excluding carboxylic acids is 1. The van der Waals surface area contributed by atoms with Gasteiger partial charge >= 0.3 is 0 Å². The topological polar surface area (TPSA) is 45.5 Å². The van der Waals surface area contributed by atoms with Crippen molar-refractivity contribution < 1.29 is 9.21 Å². The zero-order valence-electron chi connectivity index (χ0n) is 9.37. The fourth-order valence-corrected chi connectivity index (χ4v) is 2.40. The molecular formula is C11H15BrN2O2. The first kappa shape index (κ1) is 11.7.